The summed E-state index contributed by atoms with van der Waals surface area (Å²) in [6, 6.07) is 4.80. The molecule has 23 heavy (non-hydrogen) atoms. The fourth-order valence-corrected chi connectivity index (χ4v) is 2.29. The Bertz CT molecular complexity index is 749. The molecule has 0 spiro atoms. The van der Waals surface area contributed by atoms with Crippen molar-refractivity contribution in [2.45, 2.75) is 12.4 Å². The van der Waals surface area contributed by atoms with Gasteiger partial charge < -0.3 is 0 Å². The Kier molecular flexibility index (Phi) is 4.43. The molecule has 0 saturated carbocycles. The van der Waals surface area contributed by atoms with Crippen LogP contribution in [0.3, 0.4) is 0 Å². The molecule has 0 aromatic heterocycles. The van der Waals surface area contributed by atoms with Crippen molar-refractivity contribution in [2.24, 2.45) is 0 Å². The molecule has 122 valence electrons. The first kappa shape index (κ1) is 17.3. The molecule has 0 amide bonds. The van der Waals surface area contributed by atoms with Crippen LogP contribution in [0.2, 0.25) is 5.02 Å². The topological polar surface area (TPSA) is 17.1 Å². The maximum Gasteiger partial charge on any atom is 0.417 e. The summed E-state index contributed by atoms with van der Waals surface area (Å²) in [5.41, 5.74) is -3.44. The quantitative estimate of drug-likeness (QED) is 0.489. The van der Waals surface area contributed by atoms with Crippen LogP contribution in [0, 0.1) is 0 Å². The average molecular weight is 353 g/mol. The van der Waals surface area contributed by atoms with Gasteiger partial charge in [0.1, 0.15) is 6.29 Å². The van der Waals surface area contributed by atoms with E-state index >= 15 is 0 Å². The van der Waals surface area contributed by atoms with Crippen molar-refractivity contribution in [1.29, 1.82) is 0 Å². The first-order chi connectivity index (χ1) is 10.5. The van der Waals surface area contributed by atoms with Gasteiger partial charge in [0.2, 0.25) is 0 Å². The van der Waals surface area contributed by atoms with Gasteiger partial charge in [0, 0.05) is 10.6 Å². The Balaban J connectivity index is 2.72. The van der Waals surface area contributed by atoms with Crippen LogP contribution in [0.15, 0.2) is 36.4 Å². The van der Waals surface area contributed by atoms with Gasteiger partial charge in [-0.2, -0.15) is 26.3 Å². The molecular weight excluding hydrogens is 346 g/mol. The fraction of sp³-hybridized carbons (Fsp3) is 0.133. The maximum absolute atomic E-state index is 13.1. The first-order valence-corrected chi connectivity index (χ1v) is 6.45. The monoisotopic (exact) mass is 352 g/mol. The molecule has 8 heteroatoms. The minimum Gasteiger partial charge on any atom is -0.298 e. The summed E-state index contributed by atoms with van der Waals surface area (Å²) < 4.78 is 77.3. The second-order valence-corrected chi connectivity index (χ2v) is 5.08. The van der Waals surface area contributed by atoms with Crippen molar-refractivity contribution in [1.82, 2.24) is 0 Å². The van der Waals surface area contributed by atoms with Crippen molar-refractivity contribution in [3.63, 3.8) is 0 Å². The third-order valence-corrected chi connectivity index (χ3v) is 3.24. The van der Waals surface area contributed by atoms with Gasteiger partial charge in [-0.15, -0.1) is 0 Å². The van der Waals surface area contributed by atoms with E-state index < -0.39 is 29.0 Å². The van der Waals surface area contributed by atoms with Crippen molar-refractivity contribution < 1.29 is 31.1 Å². The zero-order valence-electron chi connectivity index (χ0n) is 11.1. The number of hydrogen-bond acceptors (Lipinski definition) is 1. The second kappa shape index (κ2) is 5.88. The van der Waals surface area contributed by atoms with Gasteiger partial charge >= 0.3 is 12.4 Å². The molecule has 0 aliphatic carbocycles. The standard InChI is InChI=1S/C15H7ClF6O/c16-11-4-8(7-23)3-9(5-11)12-2-1-10(14(17,18)19)6-13(12)15(20,21)22/h1-7H. The lowest BCUT2D eigenvalue weighted by Crippen LogP contribution is -2.12. The van der Waals surface area contributed by atoms with E-state index in [0.29, 0.717) is 18.4 Å². The van der Waals surface area contributed by atoms with Crippen LogP contribution in [0.5, 0.6) is 0 Å². The molecule has 0 aliphatic heterocycles. The fourth-order valence-electron chi connectivity index (χ4n) is 2.04. The van der Waals surface area contributed by atoms with E-state index in [4.69, 9.17) is 11.6 Å². The summed E-state index contributed by atoms with van der Waals surface area (Å²) >= 11 is 5.73. The summed E-state index contributed by atoms with van der Waals surface area (Å²) in [5.74, 6) is 0. The normalized spacial score (nSPS) is 12.3. The number of carbonyl (C=O) groups is 1. The van der Waals surface area contributed by atoms with E-state index in [1.807, 2.05) is 0 Å². The van der Waals surface area contributed by atoms with Crippen molar-refractivity contribution in [2.75, 3.05) is 0 Å². The average Bonchev–Trinajstić information content (AvgIpc) is 2.44. The van der Waals surface area contributed by atoms with Crippen molar-refractivity contribution in [3.05, 3.63) is 58.1 Å². The molecule has 0 aliphatic rings. The molecule has 0 unspecified atom stereocenters. The molecule has 0 heterocycles. The van der Waals surface area contributed by atoms with Gasteiger partial charge in [0.05, 0.1) is 11.1 Å². The minimum atomic E-state index is -5.00. The summed E-state index contributed by atoms with van der Waals surface area (Å²) in [6.45, 7) is 0. The highest BCUT2D eigenvalue weighted by Crippen LogP contribution is 2.41. The number of alkyl halides is 6. The van der Waals surface area contributed by atoms with Gasteiger partial charge in [-0.05, 0) is 41.5 Å². The Morgan fingerprint density at radius 1 is 0.870 bits per heavy atom. The van der Waals surface area contributed by atoms with Crippen molar-refractivity contribution in [3.8, 4) is 11.1 Å². The Morgan fingerprint density at radius 2 is 1.52 bits per heavy atom. The predicted octanol–water partition coefficient (Wildman–Crippen LogP) is 5.86. The molecule has 2 rings (SSSR count). The highest BCUT2D eigenvalue weighted by atomic mass is 35.5. The van der Waals surface area contributed by atoms with Crippen LogP contribution in [0.25, 0.3) is 11.1 Å². The predicted molar refractivity (Wildman–Crippen MR) is 72.3 cm³/mol. The van der Waals surface area contributed by atoms with E-state index in [1.54, 1.807) is 0 Å². The number of rotatable bonds is 2. The van der Waals surface area contributed by atoms with E-state index in [2.05, 4.69) is 0 Å². The third-order valence-electron chi connectivity index (χ3n) is 3.02. The van der Waals surface area contributed by atoms with Gasteiger partial charge in [-0.25, -0.2) is 0 Å². The van der Waals surface area contributed by atoms with E-state index in [9.17, 15) is 31.1 Å². The van der Waals surface area contributed by atoms with Gasteiger partial charge in [-0.3, -0.25) is 4.79 Å². The Labute approximate surface area is 131 Å². The first-order valence-electron chi connectivity index (χ1n) is 6.07. The molecule has 0 radical (unpaired) electrons. The smallest absolute Gasteiger partial charge is 0.298 e. The van der Waals surface area contributed by atoms with Crippen LogP contribution in [0.4, 0.5) is 26.3 Å². The molecule has 0 bridgehead atoms. The van der Waals surface area contributed by atoms with E-state index in [0.717, 1.165) is 12.1 Å². The Hall–Kier alpha value is -2.02. The number of aldehydes is 1. The van der Waals surface area contributed by atoms with Crippen LogP contribution in [-0.4, -0.2) is 6.29 Å². The number of benzene rings is 2. The molecule has 0 N–H and O–H groups in total. The lowest BCUT2D eigenvalue weighted by Gasteiger charge is -2.16. The molecule has 2 aromatic rings. The highest BCUT2D eigenvalue weighted by Gasteiger charge is 2.38. The van der Waals surface area contributed by atoms with Crippen molar-refractivity contribution >= 4 is 17.9 Å². The zero-order chi connectivity index (χ0) is 17.4. The van der Waals surface area contributed by atoms with E-state index in [-0.39, 0.29) is 22.2 Å². The lowest BCUT2D eigenvalue weighted by atomic mass is 9.96. The lowest BCUT2D eigenvalue weighted by molar-refractivity contribution is -0.142. The van der Waals surface area contributed by atoms with Crippen LogP contribution < -0.4 is 0 Å². The molecular formula is C15H7ClF6O. The summed E-state index contributed by atoms with van der Waals surface area (Å²) in [6.07, 6.45) is -9.52. The number of carbonyl (C=O) groups excluding carboxylic acids is 1. The summed E-state index contributed by atoms with van der Waals surface area (Å²) in [4.78, 5) is 10.8. The third kappa shape index (κ3) is 3.85. The summed E-state index contributed by atoms with van der Waals surface area (Å²) in [7, 11) is 0. The van der Waals surface area contributed by atoms with Crippen LogP contribution >= 0.6 is 11.6 Å². The van der Waals surface area contributed by atoms with Crippen LogP contribution in [-0.2, 0) is 12.4 Å². The Morgan fingerprint density at radius 3 is 2.04 bits per heavy atom. The summed E-state index contributed by atoms with van der Waals surface area (Å²) in [5, 5.41) is -0.00220. The maximum atomic E-state index is 13.1. The molecule has 0 fully saturated rings. The largest absolute Gasteiger partial charge is 0.417 e. The molecule has 1 nitrogen and oxygen atoms in total. The highest BCUT2D eigenvalue weighted by molar-refractivity contribution is 6.31. The number of hydrogen-bond donors (Lipinski definition) is 0. The minimum absolute atomic E-state index is 0.00220. The van der Waals surface area contributed by atoms with Gasteiger partial charge in [0.25, 0.3) is 0 Å². The van der Waals surface area contributed by atoms with E-state index in [1.165, 1.54) is 6.07 Å². The molecule has 0 atom stereocenters. The zero-order valence-corrected chi connectivity index (χ0v) is 11.9. The second-order valence-electron chi connectivity index (χ2n) is 4.65. The molecule has 2 aromatic carbocycles. The number of halogens is 7. The van der Waals surface area contributed by atoms with Crippen LogP contribution in [0.1, 0.15) is 21.5 Å². The van der Waals surface area contributed by atoms with Gasteiger partial charge in [0.15, 0.2) is 0 Å². The molecule has 0 saturated heterocycles. The van der Waals surface area contributed by atoms with Gasteiger partial charge in [-0.1, -0.05) is 17.7 Å². The SMILES string of the molecule is O=Cc1cc(Cl)cc(-c2ccc(C(F)(F)F)cc2C(F)(F)F)c1.